The Bertz CT molecular complexity index is 699. The van der Waals surface area contributed by atoms with Crippen LogP contribution in [0, 0.1) is 5.82 Å². The standard InChI is InChI=1S/C17H20FN3O2/c1-21-8-9-22-14(11-21)15-19-16(23-20-15)17(6-3-7-17)12-4-2-5-13(18)10-12/h2,4-5,10,14H,3,6-9,11H2,1H3/t14-/m0/s1. The molecule has 6 heteroatoms. The minimum atomic E-state index is -0.339. The highest BCUT2D eigenvalue weighted by molar-refractivity contribution is 5.35. The van der Waals surface area contributed by atoms with Gasteiger partial charge in [0.25, 0.3) is 0 Å². The highest BCUT2D eigenvalue weighted by atomic mass is 19.1. The molecule has 0 radical (unpaired) electrons. The predicted octanol–water partition coefficient (Wildman–Crippen LogP) is 2.68. The normalized spacial score (nSPS) is 24.3. The summed E-state index contributed by atoms with van der Waals surface area (Å²) in [6.07, 6.45) is 2.74. The molecule has 1 aliphatic heterocycles. The van der Waals surface area contributed by atoms with E-state index in [2.05, 4.69) is 22.1 Å². The Hall–Kier alpha value is -1.79. The number of benzene rings is 1. The van der Waals surface area contributed by atoms with Gasteiger partial charge in [-0.2, -0.15) is 4.98 Å². The predicted molar refractivity (Wildman–Crippen MR) is 81.5 cm³/mol. The van der Waals surface area contributed by atoms with Gasteiger partial charge >= 0.3 is 0 Å². The van der Waals surface area contributed by atoms with Crippen LogP contribution in [-0.4, -0.2) is 41.8 Å². The van der Waals surface area contributed by atoms with Crippen molar-refractivity contribution in [2.24, 2.45) is 0 Å². The molecule has 0 bridgehead atoms. The molecule has 2 aliphatic rings. The first kappa shape index (κ1) is 14.8. The lowest BCUT2D eigenvalue weighted by atomic mass is 9.64. The van der Waals surface area contributed by atoms with Crippen molar-refractivity contribution in [1.82, 2.24) is 15.0 Å². The van der Waals surface area contributed by atoms with Crippen molar-refractivity contribution < 1.29 is 13.7 Å². The molecule has 4 rings (SSSR count). The van der Waals surface area contributed by atoms with Gasteiger partial charge in [-0.25, -0.2) is 4.39 Å². The fourth-order valence-corrected chi connectivity index (χ4v) is 3.44. The van der Waals surface area contributed by atoms with Crippen molar-refractivity contribution in [2.75, 3.05) is 26.7 Å². The van der Waals surface area contributed by atoms with E-state index < -0.39 is 0 Å². The summed E-state index contributed by atoms with van der Waals surface area (Å²) in [6.45, 7) is 2.33. The molecular formula is C17H20FN3O2. The lowest BCUT2D eigenvalue weighted by Gasteiger charge is -2.38. The Kier molecular flexibility index (Phi) is 3.66. The third-order valence-corrected chi connectivity index (χ3v) is 4.99. The molecule has 1 aromatic heterocycles. The Morgan fingerprint density at radius 3 is 2.91 bits per heavy atom. The molecule has 23 heavy (non-hydrogen) atoms. The van der Waals surface area contributed by atoms with Gasteiger partial charge < -0.3 is 14.2 Å². The molecular weight excluding hydrogens is 297 g/mol. The van der Waals surface area contributed by atoms with E-state index in [4.69, 9.17) is 9.26 Å². The highest BCUT2D eigenvalue weighted by Crippen LogP contribution is 2.48. The van der Waals surface area contributed by atoms with Gasteiger partial charge in [0.05, 0.1) is 12.0 Å². The van der Waals surface area contributed by atoms with Gasteiger partial charge in [0.1, 0.15) is 11.9 Å². The zero-order valence-corrected chi connectivity index (χ0v) is 13.2. The van der Waals surface area contributed by atoms with Crippen molar-refractivity contribution in [1.29, 1.82) is 0 Å². The summed E-state index contributed by atoms with van der Waals surface area (Å²) in [5.74, 6) is 0.946. The number of morpholine rings is 1. The molecule has 5 nitrogen and oxygen atoms in total. The van der Waals surface area contributed by atoms with Crippen LogP contribution < -0.4 is 0 Å². The van der Waals surface area contributed by atoms with Gasteiger partial charge in [-0.05, 0) is 37.6 Å². The summed E-state index contributed by atoms with van der Waals surface area (Å²) in [6, 6.07) is 6.72. The molecule has 122 valence electrons. The van der Waals surface area contributed by atoms with E-state index in [9.17, 15) is 4.39 Å². The first-order valence-corrected chi connectivity index (χ1v) is 8.08. The first-order valence-electron chi connectivity index (χ1n) is 8.08. The average Bonchev–Trinajstić information content (AvgIpc) is 2.96. The van der Waals surface area contributed by atoms with Crippen LogP contribution in [0.5, 0.6) is 0 Å². The monoisotopic (exact) mass is 317 g/mol. The number of hydrogen-bond acceptors (Lipinski definition) is 5. The van der Waals surface area contributed by atoms with E-state index >= 15 is 0 Å². The summed E-state index contributed by atoms with van der Waals surface area (Å²) >= 11 is 0. The van der Waals surface area contributed by atoms with Crippen molar-refractivity contribution in [2.45, 2.75) is 30.8 Å². The van der Waals surface area contributed by atoms with Crippen LogP contribution >= 0.6 is 0 Å². The summed E-state index contributed by atoms with van der Waals surface area (Å²) in [7, 11) is 2.05. The number of rotatable bonds is 3. The number of likely N-dealkylation sites (N-methyl/N-ethyl adjacent to an activating group) is 1. The first-order chi connectivity index (χ1) is 11.2. The topological polar surface area (TPSA) is 51.4 Å². The molecule has 0 unspecified atom stereocenters. The van der Waals surface area contributed by atoms with E-state index in [1.165, 1.54) is 6.07 Å². The van der Waals surface area contributed by atoms with Crippen LogP contribution in [0.15, 0.2) is 28.8 Å². The SMILES string of the molecule is CN1CCO[C@H](c2noc(C3(c4cccc(F)c4)CCC3)n2)C1. The van der Waals surface area contributed by atoms with E-state index in [-0.39, 0.29) is 17.3 Å². The fourth-order valence-electron chi connectivity index (χ4n) is 3.44. The van der Waals surface area contributed by atoms with E-state index in [0.717, 1.165) is 37.9 Å². The van der Waals surface area contributed by atoms with Crippen molar-refractivity contribution in [3.8, 4) is 0 Å². The number of hydrogen-bond donors (Lipinski definition) is 0. The molecule has 0 amide bonds. The molecule has 0 N–H and O–H groups in total. The zero-order chi connectivity index (χ0) is 15.9. The van der Waals surface area contributed by atoms with Crippen LogP contribution in [0.3, 0.4) is 0 Å². The summed E-state index contributed by atoms with van der Waals surface area (Å²) in [5, 5.41) is 4.14. The quantitative estimate of drug-likeness (QED) is 0.871. The zero-order valence-electron chi connectivity index (χ0n) is 13.2. The maximum absolute atomic E-state index is 13.6. The summed E-state index contributed by atoms with van der Waals surface area (Å²) in [4.78, 5) is 6.81. The van der Waals surface area contributed by atoms with E-state index in [1.54, 1.807) is 12.1 Å². The van der Waals surface area contributed by atoms with Gasteiger partial charge in [-0.1, -0.05) is 23.7 Å². The minimum absolute atomic E-state index is 0.157. The van der Waals surface area contributed by atoms with Gasteiger partial charge in [0.2, 0.25) is 11.7 Å². The Morgan fingerprint density at radius 2 is 2.22 bits per heavy atom. The number of halogens is 1. The van der Waals surface area contributed by atoms with E-state index in [1.807, 2.05) is 6.07 Å². The molecule has 2 heterocycles. The fraction of sp³-hybridized carbons (Fsp3) is 0.529. The molecule has 1 aliphatic carbocycles. The molecule has 1 atom stereocenters. The second-order valence-electron chi connectivity index (χ2n) is 6.53. The lowest BCUT2D eigenvalue weighted by Crippen LogP contribution is -2.37. The largest absolute Gasteiger partial charge is 0.367 e. The second-order valence-corrected chi connectivity index (χ2v) is 6.53. The molecule has 1 saturated heterocycles. The number of ether oxygens (including phenoxy) is 1. The van der Waals surface area contributed by atoms with Gasteiger partial charge in [-0.3, -0.25) is 0 Å². The molecule has 2 fully saturated rings. The lowest BCUT2D eigenvalue weighted by molar-refractivity contribution is -0.0264. The maximum Gasteiger partial charge on any atom is 0.237 e. The Balaban J connectivity index is 1.64. The average molecular weight is 317 g/mol. The summed E-state index contributed by atoms with van der Waals surface area (Å²) in [5.41, 5.74) is 0.578. The third kappa shape index (κ3) is 2.56. The van der Waals surface area contributed by atoms with E-state index in [0.29, 0.717) is 18.3 Å². The van der Waals surface area contributed by atoms with Crippen LogP contribution in [0.2, 0.25) is 0 Å². The Labute approximate surface area is 134 Å². The second kappa shape index (κ2) is 5.69. The number of aromatic nitrogens is 2. The van der Waals surface area contributed by atoms with Gasteiger partial charge in [-0.15, -0.1) is 0 Å². The summed E-state index contributed by atoms with van der Waals surface area (Å²) < 4.78 is 24.9. The molecule has 0 spiro atoms. The van der Waals surface area contributed by atoms with Crippen molar-refractivity contribution >= 4 is 0 Å². The van der Waals surface area contributed by atoms with Crippen LogP contribution in [-0.2, 0) is 10.2 Å². The minimum Gasteiger partial charge on any atom is -0.367 e. The number of nitrogens with zero attached hydrogens (tertiary/aromatic N) is 3. The van der Waals surface area contributed by atoms with Crippen molar-refractivity contribution in [3.63, 3.8) is 0 Å². The third-order valence-electron chi connectivity index (χ3n) is 4.99. The van der Waals surface area contributed by atoms with Gasteiger partial charge in [0, 0.05) is 13.1 Å². The molecule has 2 aromatic rings. The Morgan fingerprint density at radius 1 is 1.35 bits per heavy atom. The van der Waals surface area contributed by atoms with Crippen LogP contribution in [0.4, 0.5) is 4.39 Å². The van der Waals surface area contributed by atoms with Crippen LogP contribution in [0.1, 0.15) is 42.6 Å². The molecule has 1 saturated carbocycles. The smallest absolute Gasteiger partial charge is 0.237 e. The van der Waals surface area contributed by atoms with Crippen LogP contribution in [0.25, 0.3) is 0 Å². The highest BCUT2D eigenvalue weighted by Gasteiger charge is 2.46. The molecule has 1 aromatic carbocycles. The van der Waals surface area contributed by atoms with Crippen molar-refractivity contribution in [3.05, 3.63) is 47.4 Å². The van der Waals surface area contributed by atoms with Gasteiger partial charge in [0.15, 0.2) is 0 Å². The maximum atomic E-state index is 13.6.